The second-order valence-electron chi connectivity index (χ2n) is 3.18. The molecule has 0 bridgehead atoms. The van der Waals surface area contributed by atoms with E-state index in [4.69, 9.17) is 11.7 Å². The van der Waals surface area contributed by atoms with Gasteiger partial charge in [0.1, 0.15) is 18.1 Å². The van der Waals surface area contributed by atoms with Crippen LogP contribution in [-0.2, 0) is 0 Å². The summed E-state index contributed by atoms with van der Waals surface area (Å²) in [4.78, 5) is 12.9. The number of rotatable bonds is 3. The van der Waals surface area contributed by atoms with E-state index in [1.54, 1.807) is 6.07 Å². The van der Waals surface area contributed by atoms with Crippen LogP contribution < -0.4 is 0 Å². The summed E-state index contributed by atoms with van der Waals surface area (Å²) in [6.07, 6.45) is 5.06. The second-order valence-corrected chi connectivity index (χ2v) is 3.18. The van der Waals surface area contributed by atoms with E-state index < -0.39 is 17.5 Å². The normalized spacial score (nSPS) is 9.12. The molecule has 0 heterocycles. The molecule has 0 fully saturated rings. The Bertz CT molecular complexity index is 498. The number of benzene rings is 1. The van der Waals surface area contributed by atoms with Crippen molar-refractivity contribution in [3.8, 4) is 24.2 Å². The van der Waals surface area contributed by atoms with Crippen LogP contribution in [0.2, 0.25) is 0 Å². The fourth-order valence-electron chi connectivity index (χ4n) is 1.25. The molecule has 0 aromatic heterocycles. The minimum Gasteiger partial charge on any atom is -0.507 e. The van der Waals surface area contributed by atoms with Crippen molar-refractivity contribution < 1.29 is 14.3 Å². The van der Waals surface area contributed by atoms with Crippen molar-refractivity contribution in [3.05, 3.63) is 29.6 Å². The van der Waals surface area contributed by atoms with Gasteiger partial charge in [-0.3, -0.25) is 4.79 Å². The number of carbonyl (C=O) groups is 1. The summed E-state index contributed by atoms with van der Waals surface area (Å²) in [5.41, 5.74) is -0.0862. The van der Waals surface area contributed by atoms with E-state index in [0.29, 0.717) is 0 Å². The molecule has 1 amide bonds. The number of hydrogen-bond acceptors (Lipinski definition) is 3. The first-order valence-electron chi connectivity index (χ1n) is 4.68. The highest BCUT2D eigenvalue weighted by molar-refractivity contribution is 5.97. The molecule has 1 aromatic carbocycles. The molecule has 0 spiro atoms. The lowest BCUT2D eigenvalue weighted by atomic mass is 10.1. The van der Waals surface area contributed by atoms with Crippen LogP contribution in [-0.4, -0.2) is 29.0 Å². The van der Waals surface area contributed by atoms with Gasteiger partial charge in [-0.2, -0.15) is 5.26 Å². The Morgan fingerprint density at radius 1 is 1.53 bits per heavy atom. The Morgan fingerprint density at radius 3 is 2.76 bits per heavy atom. The maximum atomic E-state index is 12.7. The lowest BCUT2D eigenvalue weighted by molar-refractivity contribution is 0.0792. The van der Waals surface area contributed by atoms with Crippen molar-refractivity contribution in [2.24, 2.45) is 0 Å². The number of aromatic hydroxyl groups is 1. The highest BCUT2D eigenvalue weighted by Crippen LogP contribution is 2.19. The number of halogens is 1. The molecule has 1 rings (SSSR count). The first kappa shape index (κ1) is 12.5. The number of nitrogens with zero attached hydrogens (tertiary/aromatic N) is 2. The van der Waals surface area contributed by atoms with Crippen LogP contribution in [0.1, 0.15) is 10.4 Å². The highest BCUT2D eigenvalue weighted by atomic mass is 19.1. The van der Waals surface area contributed by atoms with Crippen molar-refractivity contribution in [1.29, 1.82) is 5.26 Å². The smallest absolute Gasteiger partial charge is 0.259 e. The van der Waals surface area contributed by atoms with Gasteiger partial charge >= 0.3 is 0 Å². The van der Waals surface area contributed by atoms with E-state index in [-0.39, 0.29) is 18.7 Å². The first-order chi connectivity index (χ1) is 8.10. The Balaban J connectivity index is 3.02. The summed E-state index contributed by atoms with van der Waals surface area (Å²) in [6, 6.07) is 4.81. The van der Waals surface area contributed by atoms with E-state index in [9.17, 15) is 14.3 Å². The molecular formula is C12H9FN2O2. The molecule has 0 unspecified atom stereocenters. The minimum atomic E-state index is -0.650. The molecule has 0 aliphatic heterocycles. The van der Waals surface area contributed by atoms with Gasteiger partial charge in [0.05, 0.1) is 18.2 Å². The maximum Gasteiger partial charge on any atom is 0.259 e. The molecule has 0 radical (unpaired) electrons. The third kappa shape index (κ3) is 2.96. The van der Waals surface area contributed by atoms with Gasteiger partial charge in [-0.15, -0.1) is 6.42 Å². The third-order valence-corrected chi connectivity index (χ3v) is 2.02. The lowest BCUT2D eigenvalue weighted by Gasteiger charge is -2.17. The fourth-order valence-corrected chi connectivity index (χ4v) is 1.25. The van der Waals surface area contributed by atoms with Crippen LogP contribution in [0, 0.1) is 29.5 Å². The number of terminal acetylenes is 1. The molecule has 4 nitrogen and oxygen atoms in total. The van der Waals surface area contributed by atoms with E-state index in [1.807, 2.05) is 0 Å². The van der Waals surface area contributed by atoms with Crippen molar-refractivity contribution >= 4 is 5.91 Å². The van der Waals surface area contributed by atoms with Crippen molar-refractivity contribution in [3.63, 3.8) is 0 Å². The predicted molar refractivity (Wildman–Crippen MR) is 58.4 cm³/mol. The molecule has 17 heavy (non-hydrogen) atoms. The van der Waals surface area contributed by atoms with Crippen LogP contribution in [0.15, 0.2) is 18.2 Å². The van der Waals surface area contributed by atoms with E-state index in [0.717, 1.165) is 23.1 Å². The molecule has 0 atom stereocenters. The van der Waals surface area contributed by atoms with E-state index in [2.05, 4.69) is 5.92 Å². The van der Waals surface area contributed by atoms with E-state index >= 15 is 0 Å². The Hall–Kier alpha value is -2.53. The van der Waals surface area contributed by atoms with Crippen LogP contribution in [0.25, 0.3) is 0 Å². The number of phenols is 1. The number of nitriles is 1. The standard InChI is InChI=1S/C12H9FN2O2/c1-2-6-15(7-5-14)12(17)10-4-3-9(13)8-11(10)16/h1,3-4,8,16H,6-7H2. The number of hydrogen-bond donors (Lipinski definition) is 1. The maximum absolute atomic E-state index is 12.7. The topological polar surface area (TPSA) is 64.3 Å². The summed E-state index contributed by atoms with van der Waals surface area (Å²) in [5, 5.41) is 18.0. The number of phenolic OH excluding ortho intramolecular Hbond substituents is 1. The quantitative estimate of drug-likeness (QED) is 0.627. The zero-order chi connectivity index (χ0) is 12.8. The third-order valence-electron chi connectivity index (χ3n) is 2.02. The molecular weight excluding hydrogens is 223 g/mol. The van der Waals surface area contributed by atoms with Gasteiger partial charge in [-0.1, -0.05) is 5.92 Å². The van der Waals surface area contributed by atoms with Gasteiger partial charge in [0.25, 0.3) is 5.91 Å². The summed E-state index contributed by atoms with van der Waals surface area (Å²) in [7, 11) is 0. The summed E-state index contributed by atoms with van der Waals surface area (Å²) >= 11 is 0. The van der Waals surface area contributed by atoms with E-state index in [1.165, 1.54) is 0 Å². The van der Waals surface area contributed by atoms with Gasteiger partial charge in [0, 0.05) is 6.07 Å². The Labute approximate surface area is 97.9 Å². The van der Waals surface area contributed by atoms with Crippen LogP contribution >= 0.6 is 0 Å². The van der Waals surface area contributed by atoms with Gasteiger partial charge < -0.3 is 10.0 Å². The van der Waals surface area contributed by atoms with Crippen molar-refractivity contribution in [2.45, 2.75) is 0 Å². The highest BCUT2D eigenvalue weighted by Gasteiger charge is 2.18. The van der Waals surface area contributed by atoms with Crippen molar-refractivity contribution in [1.82, 2.24) is 4.90 Å². The van der Waals surface area contributed by atoms with Crippen molar-refractivity contribution in [2.75, 3.05) is 13.1 Å². The molecule has 0 aliphatic carbocycles. The summed E-state index contributed by atoms with van der Waals surface area (Å²) < 4.78 is 12.7. The Kier molecular flexibility index (Phi) is 4.08. The van der Waals surface area contributed by atoms with Gasteiger partial charge in [0.2, 0.25) is 0 Å². The average molecular weight is 232 g/mol. The monoisotopic (exact) mass is 232 g/mol. The summed E-state index contributed by atoms with van der Waals surface area (Å²) in [5.74, 6) is 0.496. The fraction of sp³-hybridized carbons (Fsp3) is 0.167. The molecule has 1 N–H and O–H groups in total. The SMILES string of the molecule is C#CCN(CC#N)C(=O)c1ccc(F)cc1O. The van der Waals surface area contributed by atoms with Gasteiger partial charge in [-0.05, 0) is 12.1 Å². The predicted octanol–water partition coefficient (Wildman–Crippen LogP) is 1.13. The molecule has 0 saturated carbocycles. The van der Waals surface area contributed by atoms with Crippen LogP contribution in [0.3, 0.4) is 0 Å². The van der Waals surface area contributed by atoms with Crippen LogP contribution in [0.4, 0.5) is 4.39 Å². The molecule has 0 aliphatic rings. The van der Waals surface area contributed by atoms with Crippen LogP contribution in [0.5, 0.6) is 5.75 Å². The minimum absolute atomic E-state index is 0.0524. The van der Waals surface area contributed by atoms with Gasteiger partial charge in [-0.25, -0.2) is 4.39 Å². The Morgan fingerprint density at radius 2 is 2.24 bits per heavy atom. The number of carbonyl (C=O) groups excluding carboxylic acids is 1. The second kappa shape index (κ2) is 5.53. The molecule has 5 heteroatoms. The molecule has 1 aromatic rings. The molecule has 86 valence electrons. The number of amides is 1. The largest absolute Gasteiger partial charge is 0.507 e. The zero-order valence-electron chi connectivity index (χ0n) is 8.85. The van der Waals surface area contributed by atoms with Gasteiger partial charge in [0.15, 0.2) is 0 Å². The zero-order valence-corrected chi connectivity index (χ0v) is 8.85. The average Bonchev–Trinajstić information content (AvgIpc) is 2.28. The molecule has 0 saturated heterocycles. The summed E-state index contributed by atoms with van der Waals surface area (Å²) in [6.45, 7) is -0.247. The first-order valence-corrected chi connectivity index (χ1v) is 4.68. The lowest BCUT2D eigenvalue weighted by Crippen LogP contribution is -2.31.